The van der Waals surface area contributed by atoms with Gasteiger partial charge in [0.25, 0.3) is 0 Å². The smallest absolute Gasteiger partial charge is 0.128 e. The van der Waals surface area contributed by atoms with Gasteiger partial charge in [-0.2, -0.15) is 0 Å². The van der Waals surface area contributed by atoms with Crippen molar-refractivity contribution in [2.45, 2.75) is 13.0 Å². The molecule has 0 bridgehead atoms. The van der Waals surface area contributed by atoms with Crippen LogP contribution in [0.3, 0.4) is 0 Å². The fourth-order valence-electron chi connectivity index (χ4n) is 1.79. The highest BCUT2D eigenvalue weighted by Crippen LogP contribution is 2.17. The zero-order chi connectivity index (χ0) is 14.4. The minimum Gasteiger partial charge on any atom is -0.393 e. The summed E-state index contributed by atoms with van der Waals surface area (Å²) >= 11 is 8.35. The van der Waals surface area contributed by atoms with Gasteiger partial charge in [-0.15, -0.1) is 0 Å². The summed E-state index contributed by atoms with van der Waals surface area (Å²) in [6, 6.07) is 7.91. The number of halogens is 1. The minimum absolute atomic E-state index is 0.512. The molecule has 0 spiro atoms. The molecule has 0 unspecified atom stereocenters. The number of aromatic nitrogens is 2. The van der Waals surface area contributed by atoms with Crippen LogP contribution in [-0.2, 0) is 6.54 Å². The molecule has 4 nitrogen and oxygen atoms in total. The van der Waals surface area contributed by atoms with Crippen LogP contribution in [0.5, 0.6) is 0 Å². The number of thiocarbonyl (C=S) groups is 1. The molecule has 2 heterocycles. The van der Waals surface area contributed by atoms with Crippen LogP contribution < -0.4 is 10.6 Å². The lowest BCUT2D eigenvalue weighted by atomic mass is 10.2. The summed E-state index contributed by atoms with van der Waals surface area (Å²) in [5, 5.41) is 0. The van der Waals surface area contributed by atoms with Gasteiger partial charge in [0, 0.05) is 42.6 Å². The number of rotatable bonds is 6. The first-order valence-corrected chi connectivity index (χ1v) is 7.39. The maximum absolute atomic E-state index is 5.60. The van der Waals surface area contributed by atoms with Crippen LogP contribution in [0, 0.1) is 0 Å². The molecule has 6 heteroatoms. The van der Waals surface area contributed by atoms with Crippen molar-refractivity contribution in [2.24, 2.45) is 5.73 Å². The summed E-state index contributed by atoms with van der Waals surface area (Å²) in [7, 11) is 0. The van der Waals surface area contributed by atoms with Crippen LogP contribution in [0.1, 0.15) is 12.0 Å². The van der Waals surface area contributed by atoms with Crippen LogP contribution in [0.25, 0.3) is 0 Å². The lowest BCUT2D eigenvalue weighted by Crippen LogP contribution is -2.27. The molecule has 0 amide bonds. The third kappa shape index (κ3) is 4.54. The summed E-state index contributed by atoms with van der Waals surface area (Å²) in [5.41, 5.74) is 6.73. The van der Waals surface area contributed by atoms with Crippen molar-refractivity contribution in [3.63, 3.8) is 0 Å². The molecular formula is C14H15BrN4S. The van der Waals surface area contributed by atoms with E-state index in [1.165, 1.54) is 0 Å². The Morgan fingerprint density at radius 3 is 2.75 bits per heavy atom. The Labute approximate surface area is 132 Å². The zero-order valence-electron chi connectivity index (χ0n) is 10.9. The molecular weight excluding hydrogens is 336 g/mol. The average Bonchev–Trinajstić information content (AvgIpc) is 2.45. The number of hydrogen-bond donors (Lipinski definition) is 1. The summed E-state index contributed by atoms with van der Waals surface area (Å²) in [6.45, 7) is 1.46. The summed E-state index contributed by atoms with van der Waals surface area (Å²) in [5.74, 6) is 0.897. The fourth-order valence-corrected chi connectivity index (χ4v) is 2.11. The standard InChI is InChI=1S/C14H15BrN4S/c15-12-3-4-14(18-9-12)19(7-5-13(16)20)10-11-2-1-6-17-8-11/h1-4,6,8-9H,5,7,10H2,(H2,16,20). The highest BCUT2D eigenvalue weighted by molar-refractivity contribution is 9.10. The van der Waals surface area contributed by atoms with Crippen LogP contribution >= 0.6 is 28.1 Å². The van der Waals surface area contributed by atoms with Gasteiger partial charge in [-0.1, -0.05) is 18.3 Å². The van der Waals surface area contributed by atoms with Gasteiger partial charge >= 0.3 is 0 Å². The van der Waals surface area contributed by atoms with Crippen LogP contribution in [0.4, 0.5) is 5.82 Å². The van der Waals surface area contributed by atoms with Gasteiger partial charge in [-0.3, -0.25) is 4.98 Å². The fraction of sp³-hybridized carbons (Fsp3) is 0.214. The Morgan fingerprint density at radius 1 is 1.30 bits per heavy atom. The number of hydrogen-bond acceptors (Lipinski definition) is 4. The molecule has 104 valence electrons. The van der Waals surface area contributed by atoms with Gasteiger partial charge in [-0.05, 0) is 39.7 Å². The van der Waals surface area contributed by atoms with Crippen molar-refractivity contribution in [3.8, 4) is 0 Å². The van der Waals surface area contributed by atoms with Gasteiger partial charge in [-0.25, -0.2) is 4.98 Å². The Balaban J connectivity index is 2.15. The van der Waals surface area contributed by atoms with E-state index in [2.05, 4.69) is 30.8 Å². The molecule has 2 rings (SSSR count). The Bertz CT molecular complexity index is 559. The van der Waals surface area contributed by atoms with E-state index in [9.17, 15) is 0 Å². The van der Waals surface area contributed by atoms with Crippen molar-refractivity contribution in [1.82, 2.24) is 9.97 Å². The molecule has 0 saturated heterocycles. The zero-order valence-corrected chi connectivity index (χ0v) is 13.3. The summed E-state index contributed by atoms with van der Waals surface area (Å²) in [6.07, 6.45) is 6.06. The van der Waals surface area contributed by atoms with Crippen LogP contribution in [0.15, 0.2) is 47.3 Å². The van der Waals surface area contributed by atoms with Gasteiger partial charge in [0.15, 0.2) is 0 Å². The average molecular weight is 351 g/mol. The molecule has 0 fully saturated rings. The highest BCUT2D eigenvalue weighted by Gasteiger charge is 2.09. The predicted octanol–water partition coefficient (Wildman–Crippen LogP) is 2.92. The second kappa shape index (κ2) is 7.31. The van der Waals surface area contributed by atoms with E-state index in [-0.39, 0.29) is 0 Å². The molecule has 2 aromatic heterocycles. The maximum Gasteiger partial charge on any atom is 0.128 e. The molecule has 0 aromatic carbocycles. The van der Waals surface area contributed by atoms with Crippen LogP contribution in [0.2, 0.25) is 0 Å². The van der Waals surface area contributed by atoms with E-state index >= 15 is 0 Å². The van der Waals surface area contributed by atoms with Gasteiger partial charge < -0.3 is 10.6 Å². The normalized spacial score (nSPS) is 10.2. The molecule has 2 N–H and O–H groups in total. The summed E-state index contributed by atoms with van der Waals surface area (Å²) < 4.78 is 0.955. The minimum atomic E-state index is 0.512. The largest absolute Gasteiger partial charge is 0.393 e. The lowest BCUT2D eigenvalue weighted by molar-refractivity contribution is 0.788. The third-order valence-electron chi connectivity index (χ3n) is 2.76. The van der Waals surface area contributed by atoms with Crippen LogP contribution in [-0.4, -0.2) is 21.5 Å². The first kappa shape index (κ1) is 14.9. The number of nitrogens with two attached hydrogens (primary N) is 1. The van der Waals surface area contributed by atoms with E-state index in [1.54, 1.807) is 12.4 Å². The van der Waals surface area contributed by atoms with E-state index in [1.807, 2.05) is 30.5 Å². The Kier molecular flexibility index (Phi) is 5.43. The van der Waals surface area contributed by atoms with Crippen molar-refractivity contribution in [3.05, 3.63) is 52.9 Å². The highest BCUT2D eigenvalue weighted by atomic mass is 79.9. The second-order valence-electron chi connectivity index (χ2n) is 4.33. The number of nitrogens with zero attached hydrogens (tertiary/aromatic N) is 3. The first-order valence-electron chi connectivity index (χ1n) is 6.19. The van der Waals surface area contributed by atoms with Crippen molar-refractivity contribution in [1.29, 1.82) is 0 Å². The molecule has 0 radical (unpaired) electrons. The van der Waals surface area contributed by atoms with Crippen molar-refractivity contribution < 1.29 is 0 Å². The molecule has 0 atom stereocenters. The van der Waals surface area contributed by atoms with E-state index in [0.717, 1.165) is 28.9 Å². The first-order chi connectivity index (χ1) is 9.65. The SMILES string of the molecule is NC(=S)CCN(Cc1cccnc1)c1ccc(Br)cn1. The van der Waals surface area contributed by atoms with Crippen molar-refractivity contribution >= 4 is 39.0 Å². The van der Waals surface area contributed by atoms with Gasteiger partial charge in [0.05, 0.1) is 4.99 Å². The number of pyridine rings is 2. The third-order valence-corrected chi connectivity index (χ3v) is 3.43. The quantitative estimate of drug-likeness (QED) is 0.811. The topological polar surface area (TPSA) is 55.0 Å². The van der Waals surface area contributed by atoms with Crippen molar-refractivity contribution in [2.75, 3.05) is 11.4 Å². The monoisotopic (exact) mass is 350 g/mol. The van der Waals surface area contributed by atoms with Gasteiger partial charge in [0.2, 0.25) is 0 Å². The summed E-state index contributed by atoms with van der Waals surface area (Å²) in [4.78, 5) is 11.2. The van der Waals surface area contributed by atoms with E-state index in [0.29, 0.717) is 11.4 Å². The van der Waals surface area contributed by atoms with E-state index in [4.69, 9.17) is 18.0 Å². The molecule has 20 heavy (non-hydrogen) atoms. The number of anilines is 1. The predicted molar refractivity (Wildman–Crippen MR) is 88.6 cm³/mol. The molecule has 0 saturated carbocycles. The Morgan fingerprint density at radius 2 is 2.15 bits per heavy atom. The lowest BCUT2D eigenvalue weighted by Gasteiger charge is -2.23. The molecule has 0 aliphatic heterocycles. The molecule has 2 aromatic rings. The maximum atomic E-state index is 5.60. The second-order valence-corrected chi connectivity index (χ2v) is 5.77. The van der Waals surface area contributed by atoms with E-state index < -0.39 is 0 Å². The molecule has 0 aliphatic rings. The van der Waals surface area contributed by atoms with Gasteiger partial charge in [0.1, 0.15) is 5.82 Å². The Hall–Kier alpha value is -1.53. The molecule has 0 aliphatic carbocycles.